The fourth-order valence-corrected chi connectivity index (χ4v) is 2.91. The third-order valence-electron chi connectivity index (χ3n) is 4.48. The minimum absolute atomic E-state index is 0.102. The van der Waals surface area contributed by atoms with Gasteiger partial charge in [-0.2, -0.15) is 0 Å². The van der Waals surface area contributed by atoms with E-state index in [1.807, 2.05) is 0 Å². The highest BCUT2D eigenvalue weighted by atomic mass is 16.6. The zero-order valence-electron chi connectivity index (χ0n) is 17.1. The van der Waals surface area contributed by atoms with Crippen molar-refractivity contribution in [2.75, 3.05) is 40.0 Å². The van der Waals surface area contributed by atoms with Crippen molar-refractivity contribution in [1.29, 1.82) is 0 Å². The standard InChI is InChI=1S/C20H27N3O7/c1-3-29-20(27)23-9-7-15(8-10-23)22-17(24)13-30-18(25)12-21-19(26)14-5-4-6-16(11-14)28-2/h4-6,11,15H,3,7-10,12-13H2,1-2H3,(H,21,26)(H,22,24). The minimum Gasteiger partial charge on any atom is -0.497 e. The van der Waals surface area contributed by atoms with E-state index in [0.29, 0.717) is 43.9 Å². The average Bonchev–Trinajstić information content (AvgIpc) is 2.76. The molecule has 1 heterocycles. The first kappa shape index (κ1) is 23.0. The fraction of sp³-hybridized carbons (Fsp3) is 0.500. The van der Waals surface area contributed by atoms with E-state index < -0.39 is 24.4 Å². The molecule has 1 fully saturated rings. The summed E-state index contributed by atoms with van der Waals surface area (Å²) in [5.41, 5.74) is 0.342. The van der Waals surface area contributed by atoms with E-state index >= 15 is 0 Å². The Morgan fingerprint density at radius 2 is 1.87 bits per heavy atom. The number of hydrogen-bond acceptors (Lipinski definition) is 7. The number of carbonyl (C=O) groups excluding carboxylic acids is 4. The van der Waals surface area contributed by atoms with Gasteiger partial charge in [-0.05, 0) is 38.0 Å². The number of methoxy groups -OCH3 is 1. The predicted molar refractivity (Wildman–Crippen MR) is 106 cm³/mol. The van der Waals surface area contributed by atoms with Gasteiger partial charge < -0.3 is 29.7 Å². The number of carbonyl (C=O) groups is 4. The van der Waals surface area contributed by atoms with Crippen LogP contribution in [0.2, 0.25) is 0 Å². The Balaban J connectivity index is 1.64. The molecular formula is C20H27N3O7. The Kier molecular flexibility index (Phi) is 8.92. The molecule has 10 nitrogen and oxygen atoms in total. The Morgan fingerprint density at radius 3 is 2.53 bits per heavy atom. The number of amides is 3. The Labute approximate surface area is 174 Å². The van der Waals surface area contributed by atoms with Crippen LogP contribution in [0.15, 0.2) is 24.3 Å². The van der Waals surface area contributed by atoms with Crippen molar-refractivity contribution in [1.82, 2.24) is 15.5 Å². The summed E-state index contributed by atoms with van der Waals surface area (Å²) < 4.78 is 14.9. The second kappa shape index (κ2) is 11.6. The van der Waals surface area contributed by atoms with Crippen LogP contribution in [-0.4, -0.2) is 74.8 Å². The molecular weight excluding hydrogens is 394 g/mol. The lowest BCUT2D eigenvalue weighted by atomic mass is 10.1. The van der Waals surface area contributed by atoms with E-state index in [9.17, 15) is 19.2 Å². The third-order valence-corrected chi connectivity index (χ3v) is 4.48. The van der Waals surface area contributed by atoms with E-state index in [0.717, 1.165) is 0 Å². The summed E-state index contributed by atoms with van der Waals surface area (Å²) in [5, 5.41) is 5.20. The molecule has 1 saturated heterocycles. The lowest BCUT2D eigenvalue weighted by Gasteiger charge is -2.31. The van der Waals surface area contributed by atoms with Gasteiger partial charge in [-0.1, -0.05) is 6.07 Å². The molecule has 164 valence electrons. The van der Waals surface area contributed by atoms with Crippen molar-refractivity contribution in [2.45, 2.75) is 25.8 Å². The number of esters is 1. The number of nitrogens with zero attached hydrogens (tertiary/aromatic N) is 1. The molecule has 1 aromatic carbocycles. The van der Waals surface area contributed by atoms with E-state index in [-0.39, 0.29) is 18.7 Å². The van der Waals surface area contributed by atoms with Gasteiger partial charge in [-0.25, -0.2) is 4.79 Å². The molecule has 0 bridgehead atoms. The molecule has 0 unspecified atom stereocenters. The van der Waals surface area contributed by atoms with Crippen LogP contribution < -0.4 is 15.4 Å². The van der Waals surface area contributed by atoms with Crippen LogP contribution in [0.1, 0.15) is 30.1 Å². The Bertz CT molecular complexity index is 761. The summed E-state index contributed by atoms with van der Waals surface area (Å²) in [5.74, 6) is -1.09. The monoisotopic (exact) mass is 421 g/mol. The molecule has 1 aliphatic rings. The summed E-state index contributed by atoms with van der Waals surface area (Å²) >= 11 is 0. The molecule has 2 rings (SSSR count). The number of likely N-dealkylation sites (tertiary alicyclic amines) is 1. The summed E-state index contributed by atoms with van der Waals surface area (Å²) in [6, 6.07) is 6.39. The first-order chi connectivity index (χ1) is 14.4. The van der Waals surface area contributed by atoms with Crippen molar-refractivity contribution in [3.05, 3.63) is 29.8 Å². The molecule has 0 saturated carbocycles. The van der Waals surface area contributed by atoms with E-state index in [4.69, 9.17) is 14.2 Å². The topological polar surface area (TPSA) is 123 Å². The molecule has 3 amide bonds. The number of nitrogens with one attached hydrogen (secondary N) is 2. The van der Waals surface area contributed by atoms with Gasteiger partial charge in [0.25, 0.3) is 11.8 Å². The van der Waals surface area contributed by atoms with Crippen molar-refractivity contribution < 1.29 is 33.4 Å². The number of piperidine rings is 1. The molecule has 0 radical (unpaired) electrons. The molecule has 0 aromatic heterocycles. The average molecular weight is 421 g/mol. The second-order valence-electron chi connectivity index (χ2n) is 6.60. The van der Waals surface area contributed by atoms with Gasteiger partial charge in [0.1, 0.15) is 12.3 Å². The molecule has 0 atom stereocenters. The molecule has 30 heavy (non-hydrogen) atoms. The number of benzene rings is 1. The molecule has 1 aliphatic heterocycles. The first-order valence-corrected chi connectivity index (χ1v) is 9.71. The molecule has 0 aliphatic carbocycles. The van der Waals surface area contributed by atoms with Gasteiger partial charge in [0.15, 0.2) is 6.61 Å². The van der Waals surface area contributed by atoms with Crippen molar-refractivity contribution in [3.63, 3.8) is 0 Å². The normalized spacial score (nSPS) is 13.9. The lowest BCUT2D eigenvalue weighted by Crippen LogP contribution is -2.47. The van der Waals surface area contributed by atoms with Crippen molar-refractivity contribution in [3.8, 4) is 5.75 Å². The maximum absolute atomic E-state index is 12.0. The maximum Gasteiger partial charge on any atom is 0.409 e. The highest BCUT2D eigenvalue weighted by molar-refractivity contribution is 5.96. The SMILES string of the molecule is CCOC(=O)N1CCC(NC(=O)COC(=O)CNC(=O)c2cccc(OC)c2)CC1. The summed E-state index contributed by atoms with van der Waals surface area (Å²) in [7, 11) is 1.49. The minimum atomic E-state index is -0.724. The van der Waals surface area contributed by atoms with Gasteiger partial charge >= 0.3 is 12.1 Å². The largest absolute Gasteiger partial charge is 0.497 e. The predicted octanol–water partition coefficient (Wildman–Crippen LogP) is 0.705. The van der Waals surface area contributed by atoms with Gasteiger partial charge in [-0.15, -0.1) is 0 Å². The summed E-state index contributed by atoms with van der Waals surface area (Å²) in [6.07, 6.45) is 0.830. The number of rotatable bonds is 8. The van der Waals surface area contributed by atoms with Crippen LogP contribution in [-0.2, 0) is 19.1 Å². The van der Waals surface area contributed by atoms with E-state index in [2.05, 4.69) is 10.6 Å². The van der Waals surface area contributed by atoms with Crippen molar-refractivity contribution in [2.24, 2.45) is 0 Å². The van der Waals surface area contributed by atoms with Crippen LogP contribution in [0.5, 0.6) is 5.75 Å². The summed E-state index contributed by atoms with van der Waals surface area (Å²) in [4.78, 5) is 49.0. The van der Waals surface area contributed by atoms with Crippen LogP contribution in [0.3, 0.4) is 0 Å². The Morgan fingerprint density at radius 1 is 1.13 bits per heavy atom. The van der Waals surface area contributed by atoms with Crippen molar-refractivity contribution >= 4 is 23.9 Å². The molecule has 10 heteroatoms. The second-order valence-corrected chi connectivity index (χ2v) is 6.60. The van der Waals surface area contributed by atoms with Gasteiger partial charge in [0.05, 0.1) is 13.7 Å². The van der Waals surface area contributed by atoms with Crippen LogP contribution in [0, 0.1) is 0 Å². The zero-order chi connectivity index (χ0) is 21.9. The molecule has 0 spiro atoms. The van der Waals surface area contributed by atoms with Crippen LogP contribution >= 0.6 is 0 Å². The third kappa shape index (κ3) is 7.26. The number of hydrogen-bond donors (Lipinski definition) is 2. The summed E-state index contributed by atoms with van der Waals surface area (Å²) in [6.45, 7) is 2.24. The van der Waals surface area contributed by atoms with Gasteiger partial charge in [0.2, 0.25) is 0 Å². The highest BCUT2D eigenvalue weighted by Crippen LogP contribution is 2.12. The Hall–Kier alpha value is -3.30. The van der Waals surface area contributed by atoms with Crippen LogP contribution in [0.25, 0.3) is 0 Å². The van der Waals surface area contributed by atoms with E-state index in [1.54, 1.807) is 36.1 Å². The smallest absolute Gasteiger partial charge is 0.409 e. The number of ether oxygens (including phenoxy) is 3. The zero-order valence-corrected chi connectivity index (χ0v) is 17.1. The highest BCUT2D eigenvalue weighted by Gasteiger charge is 2.24. The lowest BCUT2D eigenvalue weighted by molar-refractivity contribution is -0.147. The first-order valence-electron chi connectivity index (χ1n) is 9.71. The fourth-order valence-electron chi connectivity index (χ4n) is 2.91. The maximum atomic E-state index is 12.0. The van der Waals surface area contributed by atoms with Gasteiger partial charge in [0, 0.05) is 24.7 Å². The molecule has 2 N–H and O–H groups in total. The van der Waals surface area contributed by atoms with Crippen LogP contribution in [0.4, 0.5) is 4.79 Å². The van der Waals surface area contributed by atoms with E-state index in [1.165, 1.54) is 7.11 Å². The van der Waals surface area contributed by atoms with Gasteiger partial charge in [-0.3, -0.25) is 14.4 Å². The molecule has 1 aromatic rings. The quantitative estimate of drug-likeness (QED) is 0.593.